The number of nitro groups is 1. The predicted octanol–water partition coefficient (Wildman–Crippen LogP) is 2.99. The van der Waals surface area contributed by atoms with Crippen molar-refractivity contribution in [1.29, 1.82) is 0 Å². The maximum atomic E-state index is 11.5. The first-order valence-electron chi connectivity index (χ1n) is 5.16. The minimum atomic E-state index is -0.539. The quantitative estimate of drug-likeness (QED) is 0.350. The molecule has 1 unspecified atom stereocenters. The van der Waals surface area contributed by atoms with Crippen molar-refractivity contribution in [3.63, 3.8) is 0 Å². The molecule has 1 atom stereocenters. The number of esters is 1. The molecule has 0 radical (unpaired) electrons. The third-order valence-electron chi connectivity index (χ3n) is 2.15. The summed E-state index contributed by atoms with van der Waals surface area (Å²) in [4.78, 5) is 21.4. The second kappa shape index (κ2) is 7.18. The molecular weight excluding hydrogens is 281 g/mol. The molecule has 7 heteroatoms. The van der Waals surface area contributed by atoms with E-state index in [1.54, 1.807) is 0 Å². The van der Waals surface area contributed by atoms with Gasteiger partial charge in [-0.15, -0.1) is 23.2 Å². The summed E-state index contributed by atoms with van der Waals surface area (Å²) in [6.45, 7) is 0.163. The van der Waals surface area contributed by atoms with E-state index in [0.717, 1.165) is 0 Å². The van der Waals surface area contributed by atoms with Gasteiger partial charge in [-0.1, -0.05) is 0 Å². The number of carbonyl (C=O) groups is 1. The molecule has 0 aliphatic rings. The summed E-state index contributed by atoms with van der Waals surface area (Å²) < 4.78 is 4.95. The van der Waals surface area contributed by atoms with Gasteiger partial charge < -0.3 is 4.74 Å². The molecule has 18 heavy (non-hydrogen) atoms. The number of hydrogen-bond acceptors (Lipinski definition) is 4. The van der Waals surface area contributed by atoms with E-state index in [9.17, 15) is 14.9 Å². The summed E-state index contributed by atoms with van der Waals surface area (Å²) in [5.74, 6) is -0.250. The highest BCUT2D eigenvalue weighted by Crippen LogP contribution is 2.13. The van der Waals surface area contributed by atoms with Gasteiger partial charge in [-0.25, -0.2) is 4.79 Å². The number of ether oxygens (including phenoxy) is 1. The van der Waals surface area contributed by atoms with Crippen LogP contribution in [0.3, 0.4) is 0 Å². The van der Waals surface area contributed by atoms with Gasteiger partial charge in [0.25, 0.3) is 5.69 Å². The number of nitrogens with zero attached hydrogens (tertiary/aromatic N) is 1. The fraction of sp³-hybridized carbons (Fsp3) is 0.364. The molecule has 0 N–H and O–H groups in total. The number of rotatable bonds is 6. The Balaban J connectivity index is 2.49. The standard InChI is InChI=1S/C11H11Cl2NO4/c12-7-9(13)5-6-18-11(15)8-1-3-10(4-2-8)14(16)17/h1-4,9H,5-7H2. The molecule has 0 saturated carbocycles. The molecule has 1 rings (SSSR count). The highest BCUT2D eigenvalue weighted by Gasteiger charge is 2.11. The topological polar surface area (TPSA) is 69.4 Å². The molecule has 1 aromatic rings. The fourth-order valence-electron chi connectivity index (χ4n) is 1.16. The highest BCUT2D eigenvalue weighted by molar-refractivity contribution is 6.28. The van der Waals surface area contributed by atoms with E-state index in [-0.39, 0.29) is 29.1 Å². The SMILES string of the molecule is O=C(OCCC(Cl)CCl)c1ccc([N+](=O)[O-])cc1. The monoisotopic (exact) mass is 291 g/mol. The zero-order valence-electron chi connectivity index (χ0n) is 9.34. The van der Waals surface area contributed by atoms with Crippen molar-refractivity contribution in [3.05, 3.63) is 39.9 Å². The Bertz CT molecular complexity index is 422. The fourth-order valence-corrected chi connectivity index (χ4v) is 1.40. The smallest absolute Gasteiger partial charge is 0.338 e. The Kier molecular flexibility index (Phi) is 5.88. The largest absolute Gasteiger partial charge is 0.462 e. The second-order valence-corrected chi connectivity index (χ2v) is 4.41. The van der Waals surface area contributed by atoms with Crippen molar-refractivity contribution < 1.29 is 14.5 Å². The van der Waals surface area contributed by atoms with Crippen molar-refractivity contribution in [3.8, 4) is 0 Å². The van der Waals surface area contributed by atoms with Gasteiger partial charge in [0.05, 0.1) is 22.5 Å². The molecule has 0 amide bonds. The normalized spacial score (nSPS) is 11.9. The van der Waals surface area contributed by atoms with E-state index in [1.807, 2.05) is 0 Å². The number of nitro benzene ring substituents is 1. The van der Waals surface area contributed by atoms with Gasteiger partial charge in [0.2, 0.25) is 0 Å². The summed E-state index contributed by atoms with van der Waals surface area (Å²) in [7, 11) is 0. The molecule has 98 valence electrons. The molecular formula is C11H11Cl2NO4. The summed E-state index contributed by atoms with van der Waals surface area (Å²) in [5.41, 5.74) is 0.187. The number of alkyl halides is 2. The van der Waals surface area contributed by atoms with Gasteiger partial charge in [0, 0.05) is 18.0 Å². The maximum Gasteiger partial charge on any atom is 0.338 e. The Labute approximate surface area is 114 Å². The second-order valence-electron chi connectivity index (χ2n) is 3.48. The van der Waals surface area contributed by atoms with Crippen LogP contribution in [0.5, 0.6) is 0 Å². The summed E-state index contributed by atoms with van der Waals surface area (Å²) in [6.07, 6.45) is 0.462. The third-order valence-corrected chi connectivity index (χ3v) is 3.05. The number of halogens is 2. The van der Waals surface area contributed by atoms with Crippen molar-refractivity contribution in [2.24, 2.45) is 0 Å². The molecule has 1 aromatic carbocycles. The number of non-ortho nitro benzene ring substituents is 1. The zero-order chi connectivity index (χ0) is 13.5. The van der Waals surface area contributed by atoms with E-state index in [4.69, 9.17) is 27.9 Å². The van der Waals surface area contributed by atoms with Crippen LogP contribution < -0.4 is 0 Å². The lowest BCUT2D eigenvalue weighted by molar-refractivity contribution is -0.384. The van der Waals surface area contributed by atoms with E-state index in [0.29, 0.717) is 6.42 Å². The Morgan fingerprint density at radius 2 is 2.00 bits per heavy atom. The lowest BCUT2D eigenvalue weighted by atomic mass is 10.2. The molecule has 0 aliphatic carbocycles. The average molecular weight is 292 g/mol. The average Bonchev–Trinajstić information content (AvgIpc) is 2.38. The van der Waals surface area contributed by atoms with E-state index < -0.39 is 10.9 Å². The van der Waals surface area contributed by atoms with Gasteiger partial charge in [0.15, 0.2) is 0 Å². The molecule has 0 aromatic heterocycles. The molecule has 0 aliphatic heterocycles. The van der Waals surface area contributed by atoms with E-state index >= 15 is 0 Å². The predicted molar refractivity (Wildman–Crippen MR) is 68.4 cm³/mol. The summed E-state index contributed by atoms with van der Waals surface area (Å²) in [5, 5.41) is 10.2. The van der Waals surface area contributed by atoms with Gasteiger partial charge in [-0.05, 0) is 18.6 Å². The van der Waals surface area contributed by atoms with Crippen molar-refractivity contribution in [2.45, 2.75) is 11.8 Å². The maximum absolute atomic E-state index is 11.5. The van der Waals surface area contributed by atoms with Gasteiger partial charge >= 0.3 is 5.97 Å². The van der Waals surface area contributed by atoms with Gasteiger partial charge in [-0.2, -0.15) is 0 Å². The molecule has 0 heterocycles. The number of carbonyl (C=O) groups excluding carboxylic acids is 1. The van der Waals surface area contributed by atoms with Crippen LogP contribution in [-0.4, -0.2) is 28.8 Å². The molecule has 5 nitrogen and oxygen atoms in total. The Morgan fingerprint density at radius 3 is 2.50 bits per heavy atom. The first-order chi connectivity index (χ1) is 8.54. The lowest BCUT2D eigenvalue weighted by Crippen LogP contribution is -2.11. The van der Waals surface area contributed by atoms with Crippen molar-refractivity contribution in [2.75, 3.05) is 12.5 Å². The van der Waals surface area contributed by atoms with Crippen molar-refractivity contribution >= 4 is 34.9 Å². The minimum absolute atomic E-state index is 0.0745. The van der Waals surface area contributed by atoms with Crippen LogP contribution in [0.1, 0.15) is 16.8 Å². The summed E-state index contributed by atoms with van der Waals surface area (Å²) >= 11 is 11.2. The van der Waals surface area contributed by atoms with Crippen molar-refractivity contribution in [1.82, 2.24) is 0 Å². The number of hydrogen-bond donors (Lipinski definition) is 0. The minimum Gasteiger partial charge on any atom is -0.462 e. The first kappa shape index (κ1) is 14.7. The van der Waals surface area contributed by atoms with Gasteiger partial charge in [-0.3, -0.25) is 10.1 Å². The lowest BCUT2D eigenvalue weighted by Gasteiger charge is -2.06. The van der Waals surface area contributed by atoms with E-state index in [1.165, 1.54) is 24.3 Å². The molecule has 0 spiro atoms. The van der Waals surface area contributed by atoms with Crippen LogP contribution in [0, 0.1) is 10.1 Å². The Hall–Kier alpha value is -1.33. The van der Waals surface area contributed by atoms with Crippen LogP contribution in [-0.2, 0) is 4.74 Å². The Morgan fingerprint density at radius 1 is 1.39 bits per heavy atom. The van der Waals surface area contributed by atoms with Crippen LogP contribution in [0.15, 0.2) is 24.3 Å². The molecule has 0 fully saturated rings. The number of benzene rings is 1. The first-order valence-corrected chi connectivity index (χ1v) is 6.13. The van der Waals surface area contributed by atoms with Crippen LogP contribution >= 0.6 is 23.2 Å². The molecule has 0 bridgehead atoms. The highest BCUT2D eigenvalue weighted by atomic mass is 35.5. The van der Waals surface area contributed by atoms with Gasteiger partial charge in [0.1, 0.15) is 0 Å². The third kappa shape index (κ3) is 4.50. The van der Waals surface area contributed by atoms with Crippen LogP contribution in [0.25, 0.3) is 0 Å². The van der Waals surface area contributed by atoms with Crippen LogP contribution in [0.4, 0.5) is 5.69 Å². The summed E-state index contributed by atoms with van der Waals surface area (Å²) in [6, 6.07) is 5.19. The van der Waals surface area contributed by atoms with Crippen LogP contribution in [0.2, 0.25) is 0 Å². The zero-order valence-corrected chi connectivity index (χ0v) is 10.9. The van der Waals surface area contributed by atoms with E-state index in [2.05, 4.69) is 0 Å². The molecule has 0 saturated heterocycles.